The highest BCUT2D eigenvalue weighted by molar-refractivity contribution is 5.77. The Bertz CT molecular complexity index is 504. The summed E-state index contributed by atoms with van der Waals surface area (Å²) in [7, 11) is 0. The quantitative estimate of drug-likeness (QED) is 0.734. The van der Waals surface area contributed by atoms with E-state index in [9.17, 15) is 4.79 Å². The summed E-state index contributed by atoms with van der Waals surface area (Å²) < 4.78 is 6.11. The zero-order valence-corrected chi connectivity index (χ0v) is 14.5. The first kappa shape index (κ1) is 15.5. The third-order valence-corrected chi connectivity index (χ3v) is 6.68. The molecular weight excluding hydrogens is 288 g/mol. The molecule has 0 aromatic heterocycles. The molecule has 4 heteroatoms. The van der Waals surface area contributed by atoms with Crippen LogP contribution in [0.25, 0.3) is 0 Å². The van der Waals surface area contributed by atoms with Crippen LogP contribution in [0.5, 0.6) is 0 Å². The lowest BCUT2D eigenvalue weighted by molar-refractivity contribution is -0.150. The van der Waals surface area contributed by atoms with E-state index in [0.29, 0.717) is 35.9 Å². The Morgan fingerprint density at radius 3 is 2.83 bits per heavy atom. The number of amides is 1. The summed E-state index contributed by atoms with van der Waals surface area (Å²) in [6, 6.07) is 1.15. The molecule has 2 bridgehead atoms. The molecule has 4 rings (SSSR count). The van der Waals surface area contributed by atoms with Crippen molar-refractivity contribution in [1.82, 2.24) is 9.80 Å². The van der Waals surface area contributed by atoms with Gasteiger partial charge in [-0.2, -0.15) is 0 Å². The van der Waals surface area contributed by atoms with Gasteiger partial charge >= 0.3 is 0 Å². The van der Waals surface area contributed by atoms with Crippen LogP contribution in [-0.4, -0.2) is 53.5 Å². The van der Waals surface area contributed by atoms with Gasteiger partial charge in [0.15, 0.2) is 0 Å². The van der Waals surface area contributed by atoms with E-state index in [1.807, 2.05) is 6.92 Å². The Morgan fingerprint density at radius 1 is 1.17 bits per heavy atom. The lowest BCUT2D eigenvalue weighted by Crippen LogP contribution is -2.65. The number of nitrogens with zero attached hydrogens (tertiary/aromatic N) is 2. The number of rotatable bonds is 2. The summed E-state index contributed by atoms with van der Waals surface area (Å²) in [6.45, 7) is 7.46. The van der Waals surface area contributed by atoms with Crippen LogP contribution in [0.2, 0.25) is 0 Å². The second-order valence-electron chi connectivity index (χ2n) is 7.99. The monoisotopic (exact) mass is 318 g/mol. The topological polar surface area (TPSA) is 32.8 Å². The van der Waals surface area contributed by atoms with E-state index in [0.717, 1.165) is 38.0 Å². The number of piperidine rings is 4. The molecule has 23 heavy (non-hydrogen) atoms. The maximum atomic E-state index is 12.3. The third kappa shape index (κ3) is 2.79. The van der Waals surface area contributed by atoms with Gasteiger partial charge in [-0.3, -0.25) is 9.69 Å². The number of allylic oxidation sites excluding steroid dienone is 2. The normalized spacial score (nSPS) is 41.3. The van der Waals surface area contributed by atoms with Gasteiger partial charge in [0.05, 0.1) is 5.76 Å². The Hall–Kier alpha value is -1.03. The van der Waals surface area contributed by atoms with Crippen molar-refractivity contribution in [1.29, 1.82) is 0 Å². The second kappa shape index (κ2) is 6.12. The predicted molar refractivity (Wildman–Crippen MR) is 89.8 cm³/mol. The van der Waals surface area contributed by atoms with E-state index in [-0.39, 0.29) is 0 Å². The smallest absolute Gasteiger partial charge is 0.222 e. The maximum absolute atomic E-state index is 12.3. The summed E-state index contributed by atoms with van der Waals surface area (Å²) in [5.74, 6) is 2.83. The molecule has 0 aromatic rings. The molecule has 0 saturated carbocycles. The van der Waals surface area contributed by atoms with Crippen LogP contribution in [0.3, 0.4) is 0 Å². The van der Waals surface area contributed by atoms with Gasteiger partial charge in [0, 0.05) is 44.6 Å². The van der Waals surface area contributed by atoms with E-state index < -0.39 is 0 Å². The highest BCUT2D eigenvalue weighted by Gasteiger charge is 2.49. The Balaban J connectivity index is 1.48. The molecule has 5 atom stereocenters. The van der Waals surface area contributed by atoms with Crippen molar-refractivity contribution >= 4 is 5.91 Å². The molecule has 0 aromatic carbocycles. The summed E-state index contributed by atoms with van der Waals surface area (Å²) in [5, 5.41) is 0. The van der Waals surface area contributed by atoms with Crippen molar-refractivity contribution in [3.8, 4) is 0 Å². The van der Waals surface area contributed by atoms with Gasteiger partial charge in [0.2, 0.25) is 5.91 Å². The van der Waals surface area contributed by atoms with Crippen molar-refractivity contribution in [3.05, 3.63) is 11.8 Å². The third-order valence-electron chi connectivity index (χ3n) is 6.68. The van der Waals surface area contributed by atoms with Crippen molar-refractivity contribution in [3.63, 3.8) is 0 Å². The minimum Gasteiger partial charge on any atom is -0.495 e. The molecule has 4 nitrogen and oxygen atoms in total. The van der Waals surface area contributed by atoms with Crippen molar-refractivity contribution in [2.75, 3.05) is 19.6 Å². The fraction of sp³-hybridized carbons (Fsp3) is 0.842. The molecule has 4 saturated heterocycles. The van der Waals surface area contributed by atoms with E-state index >= 15 is 0 Å². The van der Waals surface area contributed by atoms with Crippen LogP contribution in [0.15, 0.2) is 11.8 Å². The van der Waals surface area contributed by atoms with Crippen LogP contribution in [0.1, 0.15) is 52.4 Å². The molecule has 4 aliphatic heterocycles. The summed E-state index contributed by atoms with van der Waals surface area (Å²) >= 11 is 0. The largest absolute Gasteiger partial charge is 0.495 e. The van der Waals surface area contributed by atoms with Crippen molar-refractivity contribution < 1.29 is 9.53 Å². The first-order chi connectivity index (χ1) is 11.2. The van der Waals surface area contributed by atoms with Crippen LogP contribution in [0, 0.1) is 11.8 Å². The van der Waals surface area contributed by atoms with Gasteiger partial charge in [-0.15, -0.1) is 0 Å². The van der Waals surface area contributed by atoms with E-state index in [1.165, 1.54) is 25.9 Å². The highest BCUT2D eigenvalue weighted by atomic mass is 16.5. The predicted octanol–water partition coefficient (Wildman–Crippen LogP) is 2.79. The fourth-order valence-electron chi connectivity index (χ4n) is 5.49. The molecule has 4 fully saturated rings. The first-order valence-corrected chi connectivity index (χ1v) is 9.48. The minimum absolute atomic E-state index is 0.360. The zero-order valence-electron chi connectivity index (χ0n) is 14.5. The second-order valence-corrected chi connectivity index (χ2v) is 7.99. The summed E-state index contributed by atoms with van der Waals surface area (Å²) in [6.07, 6.45) is 9.13. The van der Waals surface area contributed by atoms with Crippen LogP contribution in [-0.2, 0) is 9.53 Å². The SMILES string of the molecule is CC=C(C)OC1CCN2CC3CC(CN4C(=O)CCCC34)C2C1. The number of hydrogen-bond donors (Lipinski definition) is 0. The van der Waals surface area contributed by atoms with Crippen LogP contribution >= 0.6 is 0 Å². The standard InChI is InChI=1S/C19H30N2O2/c1-3-13(2)23-16-7-8-20-11-14-9-15(18(20)10-16)12-21-17(14)5-4-6-19(21)22/h3,14-18H,4-12H2,1-2H3. The Labute approximate surface area is 139 Å². The van der Waals surface area contributed by atoms with E-state index in [1.54, 1.807) is 0 Å². The highest BCUT2D eigenvalue weighted by Crippen LogP contribution is 2.43. The number of carbonyl (C=O) groups is 1. The molecule has 0 spiro atoms. The van der Waals surface area contributed by atoms with Gasteiger partial charge in [-0.1, -0.05) is 0 Å². The molecule has 128 valence electrons. The summed E-state index contributed by atoms with van der Waals surface area (Å²) in [5.41, 5.74) is 0. The molecule has 0 radical (unpaired) electrons. The number of fused-ring (bicyclic) bond motifs is 6. The van der Waals surface area contributed by atoms with Crippen LogP contribution < -0.4 is 0 Å². The van der Waals surface area contributed by atoms with Crippen molar-refractivity contribution in [2.45, 2.75) is 70.6 Å². The summed E-state index contributed by atoms with van der Waals surface area (Å²) in [4.78, 5) is 17.3. The average molecular weight is 318 g/mol. The number of hydrogen-bond acceptors (Lipinski definition) is 3. The van der Waals surface area contributed by atoms with Gasteiger partial charge in [0.25, 0.3) is 0 Å². The molecule has 0 aliphatic carbocycles. The zero-order chi connectivity index (χ0) is 16.0. The Kier molecular flexibility index (Phi) is 4.12. The molecule has 1 amide bonds. The molecule has 4 aliphatic rings. The Morgan fingerprint density at radius 2 is 2.00 bits per heavy atom. The van der Waals surface area contributed by atoms with E-state index in [4.69, 9.17) is 4.74 Å². The lowest BCUT2D eigenvalue weighted by Gasteiger charge is -2.57. The maximum Gasteiger partial charge on any atom is 0.222 e. The molecule has 4 heterocycles. The van der Waals surface area contributed by atoms with E-state index in [2.05, 4.69) is 22.8 Å². The fourth-order valence-corrected chi connectivity index (χ4v) is 5.49. The van der Waals surface area contributed by atoms with Gasteiger partial charge in [-0.05, 0) is 57.4 Å². The van der Waals surface area contributed by atoms with Crippen LogP contribution in [0.4, 0.5) is 0 Å². The molecule has 0 N–H and O–H groups in total. The molecule has 5 unspecified atom stereocenters. The lowest BCUT2D eigenvalue weighted by atomic mass is 9.70. The minimum atomic E-state index is 0.360. The number of carbonyl (C=O) groups excluding carboxylic acids is 1. The van der Waals surface area contributed by atoms with Gasteiger partial charge < -0.3 is 9.64 Å². The van der Waals surface area contributed by atoms with Gasteiger partial charge in [-0.25, -0.2) is 0 Å². The molecular formula is C19H30N2O2. The van der Waals surface area contributed by atoms with Crippen molar-refractivity contribution in [2.24, 2.45) is 11.8 Å². The van der Waals surface area contributed by atoms with Gasteiger partial charge in [0.1, 0.15) is 6.10 Å². The average Bonchev–Trinajstić information content (AvgIpc) is 2.56. The first-order valence-electron chi connectivity index (χ1n) is 9.48. The number of ether oxygens (including phenoxy) is 1.